The maximum absolute atomic E-state index is 13.2. The fraction of sp³-hybridized carbons (Fsp3) is 0.524. The highest BCUT2D eigenvalue weighted by Crippen LogP contribution is 2.32. The molecule has 11 heteroatoms. The van der Waals surface area contributed by atoms with Gasteiger partial charge in [-0.15, -0.1) is 0 Å². The number of likely N-dealkylation sites (tertiary alicyclic amines) is 1. The van der Waals surface area contributed by atoms with Crippen molar-refractivity contribution in [3.63, 3.8) is 0 Å². The number of amidine groups is 1. The van der Waals surface area contributed by atoms with Gasteiger partial charge in [0.05, 0.1) is 12.1 Å². The van der Waals surface area contributed by atoms with E-state index >= 15 is 0 Å². The highest BCUT2D eigenvalue weighted by molar-refractivity contribution is 6.07. The second-order valence-electron chi connectivity index (χ2n) is 8.35. The lowest BCUT2D eigenvalue weighted by Gasteiger charge is -2.40. The van der Waals surface area contributed by atoms with Crippen molar-refractivity contribution >= 4 is 23.7 Å². The first-order valence-electron chi connectivity index (χ1n) is 10.6. The Morgan fingerprint density at radius 2 is 1.84 bits per heavy atom. The molecule has 1 aromatic rings. The van der Waals surface area contributed by atoms with E-state index in [-0.39, 0.29) is 29.6 Å². The second kappa shape index (κ2) is 8.44. The molecule has 1 aromatic carbocycles. The molecule has 0 aromatic heterocycles. The number of aliphatic imine (C=N–C) groups is 1. The van der Waals surface area contributed by atoms with Gasteiger partial charge in [-0.05, 0) is 30.9 Å². The van der Waals surface area contributed by atoms with Gasteiger partial charge in [-0.2, -0.15) is 18.2 Å². The zero-order valence-corrected chi connectivity index (χ0v) is 17.3. The molecule has 32 heavy (non-hydrogen) atoms. The summed E-state index contributed by atoms with van der Waals surface area (Å²) >= 11 is 0. The lowest BCUT2D eigenvalue weighted by Crippen LogP contribution is -2.57. The number of hydrogen-bond acceptors (Lipinski definition) is 3. The molecule has 2 aliphatic heterocycles. The molecular weight excluding hydrogens is 427 g/mol. The molecule has 2 unspecified atom stereocenters. The minimum absolute atomic E-state index is 0.0721. The van der Waals surface area contributed by atoms with Crippen molar-refractivity contribution in [2.45, 2.75) is 56.9 Å². The fourth-order valence-electron chi connectivity index (χ4n) is 4.41. The number of fused-ring (bicyclic) bond motifs is 1. The normalized spacial score (nSPS) is 23.6. The third kappa shape index (κ3) is 4.28. The summed E-state index contributed by atoms with van der Waals surface area (Å²) in [6, 6.07) is 3.98. The number of benzene rings is 1. The molecule has 8 nitrogen and oxygen atoms in total. The van der Waals surface area contributed by atoms with E-state index in [9.17, 15) is 27.6 Å². The Bertz CT molecular complexity index is 974. The molecule has 0 bridgehead atoms. The summed E-state index contributed by atoms with van der Waals surface area (Å²) in [5, 5.41) is 3.07. The van der Waals surface area contributed by atoms with Crippen LogP contribution in [0, 0.1) is 0 Å². The van der Waals surface area contributed by atoms with Crippen LogP contribution < -0.4 is 11.1 Å². The number of amides is 4. The molecular formula is C21H24F3N5O3. The van der Waals surface area contributed by atoms with Crippen molar-refractivity contribution in [1.29, 1.82) is 0 Å². The number of rotatable bonds is 3. The Morgan fingerprint density at radius 1 is 1.12 bits per heavy atom. The van der Waals surface area contributed by atoms with Gasteiger partial charge in [0, 0.05) is 30.8 Å². The van der Waals surface area contributed by atoms with E-state index in [0.29, 0.717) is 17.7 Å². The van der Waals surface area contributed by atoms with Crippen LogP contribution in [0.5, 0.6) is 0 Å². The zero-order valence-electron chi connectivity index (χ0n) is 17.3. The highest BCUT2D eigenvalue weighted by atomic mass is 19.4. The van der Waals surface area contributed by atoms with Gasteiger partial charge >= 0.3 is 18.1 Å². The number of hydrogen-bond donors (Lipinski definition) is 2. The lowest BCUT2D eigenvalue weighted by atomic mass is 9.89. The van der Waals surface area contributed by atoms with E-state index in [1.54, 1.807) is 15.9 Å². The van der Waals surface area contributed by atoms with Crippen LogP contribution in [0.4, 0.5) is 18.0 Å². The second-order valence-corrected chi connectivity index (χ2v) is 8.35. The van der Waals surface area contributed by atoms with E-state index in [4.69, 9.17) is 5.73 Å². The highest BCUT2D eigenvalue weighted by Gasteiger charge is 2.40. The molecule has 2 heterocycles. The summed E-state index contributed by atoms with van der Waals surface area (Å²) in [7, 11) is 0. The first-order valence-corrected chi connectivity index (χ1v) is 10.6. The molecule has 0 radical (unpaired) electrons. The molecule has 1 saturated carbocycles. The van der Waals surface area contributed by atoms with Crippen LogP contribution >= 0.6 is 0 Å². The van der Waals surface area contributed by atoms with Crippen molar-refractivity contribution < 1.29 is 27.6 Å². The summed E-state index contributed by atoms with van der Waals surface area (Å²) in [4.78, 5) is 43.0. The minimum Gasteiger partial charge on any atom is -0.383 e. The van der Waals surface area contributed by atoms with Crippen LogP contribution in [-0.2, 0) is 11.3 Å². The molecule has 1 aliphatic carbocycles. The molecule has 3 N–H and O–H groups in total. The van der Waals surface area contributed by atoms with Crippen molar-refractivity contribution in [1.82, 2.24) is 15.1 Å². The summed E-state index contributed by atoms with van der Waals surface area (Å²) in [6.45, 7) is 1.81. The molecule has 2 atom stereocenters. The van der Waals surface area contributed by atoms with Gasteiger partial charge in [-0.1, -0.05) is 25.0 Å². The molecule has 4 rings (SSSR count). The SMILES string of the molecule is NC(=NC(=O)C(F)(F)F)c1ccc2c(c1)C(=O)N(C1CCCCC1NC(=O)N1CCC1)C2. The summed E-state index contributed by atoms with van der Waals surface area (Å²) in [6.07, 6.45) is -0.711. The summed E-state index contributed by atoms with van der Waals surface area (Å²) < 4.78 is 37.4. The van der Waals surface area contributed by atoms with E-state index in [1.165, 1.54) is 12.1 Å². The van der Waals surface area contributed by atoms with E-state index in [0.717, 1.165) is 45.2 Å². The smallest absolute Gasteiger partial charge is 0.383 e. The largest absolute Gasteiger partial charge is 0.473 e. The van der Waals surface area contributed by atoms with Gasteiger partial charge < -0.3 is 20.9 Å². The van der Waals surface area contributed by atoms with Gasteiger partial charge in [-0.25, -0.2) is 4.79 Å². The third-order valence-corrected chi connectivity index (χ3v) is 6.28. The number of carbonyl (C=O) groups excluding carboxylic acids is 3. The van der Waals surface area contributed by atoms with Crippen molar-refractivity contribution in [3.8, 4) is 0 Å². The number of alkyl halides is 3. The van der Waals surface area contributed by atoms with Crippen molar-refractivity contribution in [2.24, 2.45) is 10.7 Å². The Labute approximate surface area is 182 Å². The maximum Gasteiger partial charge on any atom is 0.473 e. The van der Waals surface area contributed by atoms with Gasteiger partial charge in [0.25, 0.3) is 5.91 Å². The number of nitrogens with zero attached hydrogens (tertiary/aromatic N) is 3. The monoisotopic (exact) mass is 451 g/mol. The third-order valence-electron chi connectivity index (χ3n) is 6.28. The predicted molar refractivity (Wildman–Crippen MR) is 109 cm³/mol. The quantitative estimate of drug-likeness (QED) is 0.542. The first-order chi connectivity index (χ1) is 15.1. The average molecular weight is 451 g/mol. The summed E-state index contributed by atoms with van der Waals surface area (Å²) in [5.74, 6) is -3.17. The lowest BCUT2D eigenvalue weighted by molar-refractivity contribution is -0.169. The van der Waals surface area contributed by atoms with E-state index < -0.39 is 17.9 Å². The van der Waals surface area contributed by atoms with Crippen LogP contribution in [0.3, 0.4) is 0 Å². The Hall–Kier alpha value is -3.11. The van der Waals surface area contributed by atoms with E-state index in [1.807, 2.05) is 0 Å². The molecule has 3 aliphatic rings. The minimum atomic E-state index is -5.12. The van der Waals surface area contributed by atoms with Crippen LogP contribution in [0.15, 0.2) is 23.2 Å². The molecule has 4 amide bonds. The molecule has 0 spiro atoms. The number of urea groups is 1. The van der Waals surface area contributed by atoms with Gasteiger partial charge in [0.1, 0.15) is 5.84 Å². The van der Waals surface area contributed by atoms with Crippen molar-refractivity contribution in [3.05, 3.63) is 34.9 Å². The number of halogens is 3. The standard InChI is InChI=1S/C21H24F3N5O3/c22-21(23,24)19(31)27-17(25)12-6-7-13-11-29(18(30)14(13)10-12)16-5-2-1-4-15(16)26-20(32)28-8-3-9-28/h6-7,10,15-16H,1-5,8-9,11H2,(H,26,32)(H2,25,27,31). The molecule has 1 saturated heterocycles. The topological polar surface area (TPSA) is 108 Å². The average Bonchev–Trinajstić information content (AvgIpc) is 3.02. The van der Waals surface area contributed by atoms with Gasteiger partial charge in [-0.3, -0.25) is 9.59 Å². The molecule has 172 valence electrons. The Balaban J connectivity index is 1.51. The van der Waals surface area contributed by atoms with Crippen LogP contribution in [-0.4, -0.2) is 64.8 Å². The van der Waals surface area contributed by atoms with Crippen LogP contribution in [0.2, 0.25) is 0 Å². The van der Waals surface area contributed by atoms with Gasteiger partial charge in [0.15, 0.2) is 0 Å². The van der Waals surface area contributed by atoms with Crippen LogP contribution in [0.25, 0.3) is 0 Å². The van der Waals surface area contributed by atoms with Crippen molar-refractivity contribution in [2.75, 3.05) is 13.1 Å². The number of carbonyl (C=O) groups is 3. The Kier molecular flexibility index (Phi) is 5.83. The van der Waals surface area contributed by atoms with Gasteiger partial charge in [0.2, 0.25) is 0 Å². The number of nitrogens with two attached hydrogens (primary N) is 1. The van der Waals surface area contributed by atoms with E-state index in [2.05, 4.69) is 10.3 Å². The zero-order chi connectivity index (χ0) is 23.0. The summed E-state index contributed by atoms with van der Waals surface area (Å²) in [5.41, 5.74) is 6.69. The van der Waals surface area contributed by atoms with Crippen LogP contribution in [0.1, 0.15) is 53.6 Å². The Morgan fingerprint density at radius 3 is 2.50 bits per heavy atom. The first kappa shape index (κ1) is 22.1. The fourth-order valence-corrected chi connectivity index (χ4v) is 4.41. The number of nitrogens with one attached hydrogen (secondary N) is 1. The predicted octanol–water partition coefficient (Wildman–Crippen LogP) is 2.16. The molecule has 2 fully saturated rings. The maximum atomic E-state index is 13.2.